The van der Waals surface area contributed by atoms with Crippen LogP contribution in [0.25, 0.3) is 99.7 Å². The van der Waals surface area contributed by atoms with Crippen LogP contribution in [0, 0.1) is 11.3 Å². The highest BCUT2D eigenvalue weighted by Gasteiger charge is 2.14. The highest BCUT2D eigenvalue weighted by atomic mass is 14.8. The molecule has 10 aromatic rings. The van der Waals surface area contributed by atoms with E-state index in [1.807, 2.05) is 48.5 Å². The number of hydrogen-bond donors (Lipinski definition) is 0. The van der Waals surface area contributed by atoms with Crippen LogP contribution in [-0.4, -0.2) is 15.0 Å². The summed E-state index contributed by atoms with van der Waals surface area (Å²) in [5.41, 5.74) is 14.8. The van der Waals surface area contributed by atoms with Gasteiger partial charge in [0.1, 0.15) is 0 Å². The lowest BCUT2D eigenvalue weighted by atomic mass is 9.89. The van der Waals surface area contributed by atoms with Crippen molar-refractivity contribution in [3.8, 4) is 73.2 Å². The molecule has 4 nitrogen and oxygen atoms in total. The lowest BCUT2D eigenvalue weighted by molar-refractivity contribution is 1.33. The van der Waals surface area contributed by atoms with Gasteiger partial charge in [0.25, 0.3) is 0 Å². The minimum Gasteiger partial charge on any atom is -0.256 e. The van der Waals surface area contributed by atoms with Crippen molar-refractivity contribution in [3.63, 3.8) is 0 Å². The molecule has 0 fully saturated rings. The van der Waals surface area contributed by atoms with Gasteiger partial charge in [-0.15, -0.1) is 0 Å². The molecule has 0 radical (unpaired) electrons. The number of fused-ring (bicyclic) bond motifs is 4. The highest BCUT2D eigenvalue weighted by Crippen LogP contribution is 2.38. The van der Waals surface area contributed by atoms with Gasteiger partial charge in [0.2, 0.25) is 0 Å². The molecular weight excluding hydrogens is 681 g/mol. The van der Waals surface area contributed by atoms with Crippen LogP contribution >= 0.6 is 0 Å². The molecule has 0 bridgehead atoms. The maximum atomic E-state index is 10.1. The maximum absolute atomic E-state index is 10.1. The van der Waals surface area contributed by atoms with E-state index < -0.39 is 0 Å². The zero-order valence-electron chi connectivity index (χ0n) is 30.3. The zero-order chi connectivity index (χ0) is 37.4. The Hall–Kier alpha value is -7.74. The Balaban J connectivity index is 0.995. The van der Waals surface area contributed by atoms with Crippen LogP contribution in [0.5, 0.6) is 0 Å². The van der Waals surface area contributed by atoms with E-state index in [-0.39, 0.29) is 0 Å². The van der Waals surface area contributed by atoms with Crippen molar-refractivity contribution in [1.82, 2.24) is 15.0 Å². The molecule has 0 aliphatic heterocycles. The largest absolute Gasteiger partial charge is 0.256 e. The minimum absolute atomic E-state index is 0.623. The highest BCUT2D eigenvalue weighted by molar-refractivity contribution is 6.06. The van der Waals surface area contributed by atoms with Gasteiger partial charge in [-0.1, -0.05) is 146 Å². The van der Waals surface area contributed by atoms with Gasteiger partial charge in [0.15, 0.2) is 0 Å². The Kier molecular flexibility index (Phi) is 8.17. The number of aromatic nitrogens is 3. The van der Waals surface area contributed by atoms with E-state index in [9.17, 15) is 5.26 Å². The first-order chi connectivity index (χ1) is 27.7. The summed E-state index contributed by atoms with van der Waals surface area (Å²) in [5.74, 6) is 0. The first-order valence-electron chi connectivity index (χ1n) is 18.6. The van der Waals surface area contributed by atoms with E-state index in [4.69, 9.17) is 9.97 Å². The first kappa shape index (κ1) is 32.9. The summed E-state index contributed by atoms with van der Waals surface area (Å²) < 4.78 is 0. The van der Waals surface area contributed by atoms with Gasteiger partial charge in [-0.3, -0.25) is 4.98 Å². The Bertz CT molecular complexity index is 3110. The molecule has 260 valence electrons. The van der Waals surface area contributed by atoms with Gasteiger partial charge >= 0.3 is 0 Å². The zero-order valence-corrected chi connectivity index (χ0v) is 30.3. The Labute approximate surface area is 324 Å². The van der Waals surface area contributed by atoms with Crippen molar-refractivity contribution in [3.05, 3.63) is 200 Å². The van der Waals surface area contributed by atoms with E-state index in [0.29, 0.717) is 5.56 Å². The number of nitriles is 1. The summed E-state index contributed by atoms with van der Waals surface area (Å²) in [5, 5.41) is 14.5. The van der Waals surface area contributed by atoms with Crippen LogP contribution in [0.15, 0.2) is 194 Å². The Morgan fingerprint density at radius 2 is 0.857 bits per heavy atom. The molecule has 0 aliphatic rings. The third-order valence-electron chi connectivity index (χ3n) is 10.6. The SMILES string of the molecule is N#Cc1cc(-c2ccc(-c3ccccn3)cc2)cc(-c2ccc(-c3ccc(-c4ccc5ccc6ccc(-c7ccccc7)nc6c5n4)cc3)c3ccccc23)c1. The average Bonchev–Trinajstić information content (AvgIpc) is 3.28. The second-order valence-electron chi connectivity index (χ2n) is 14.0. The van der Waals surface area contributed by atoms with Gasteiger partial charge in [-0.25, -0.2) is 9.97 Å². The number of benzene rings is 7. The fourth-order valence-electron chi connectivity index (χ4n) is 7.70. The fraction of sp³-hybridized carbons (Fsp3) is 0. The lowest BCUT2D eigenvalue weighted by Crippen LogP contribution is -1.91. The summed E-state index contributed by atoms with van der Waals surface area (Å²) in [6, 6.07) is 67.3. The second kappa shape index (κ2) is 13.9. The topological polar surface area (TPSA) is 62.5 Å². The molecule has 0 unspecified atom stereocenters. The standard InChI is InChI=1S/C52H32N4/c53-33-34-30-42(35-13-17-38(18-14-35)48-12-6-7-29-54-48)32-43(31-34)45-26-25-44(46-10-4-5-11-47(45)46)36-15-19-39(20-16-36)50-28-24-41-22-21-40-23-27-49(37-8-2-1-3-9-37)55-51(40)52(41)56-50/h1-32H. The van der Waals surface area contributed by atoms with Crippen molar-refractivity contribution in [2.24, 2.45) is 0 Å². The van der Waals surface area contributed by atoms with Crippen LogP contribution in [0.2, 0.25) is 0 Å². The Morgan fingerprint density at radius 1 is 0.357 bits per heavy atom. The molecule has 56 heavy (non-hydrogen) atoms. The van der Waals surface area contributed by atoms with Crippen molar-refractivity contribution < 1.29 is 0 Å². The van der Waals surface area contributed by atoms with Crippen molar-refractivity contribution in [2.75, 3.05) is 0 Å². The number of nitrogens with zero attached hydrogens (tertiary/aromatic N) is 4. The van der Waals surface area contributed by atoms with E-state index in [0.717, 1.165) is 99.7 Å². The van der Waals surface area contributed by atoms with Gasteiger partial charge in [0.05, 0.1) is 39.7 Å². The molecule has 4 heteroatoms. The van der Waals surface area contributed by atoms with Gasteiger partial charge in [-0.2, -0.15) is 5.26 Å². The third-order valence-corrected chi connectivity index (χ3v) is 10.6. The van der Waals surface area contributed by atoms with Gasteiger partial charge < -0.3 is 0 Å². The van der Waals surface area contributed by atoms with Crippen LogP contribution in [0.4, 0.5) is 0 Å². The minimum atomic E-state index is 0.623. The quantitative estimate of drug-likeness (QED) is 0.161. The van der Waals surface area contributed by atoms with E-state index in [1.54, 1.807) is 6.20 Å². The summed E-state index contributed by atoms with van der Waals surface area (Å²) in [4.78, 5) is 14.8. The van der Waals surface area contributed by atoms with Gasteiger partial charge in [0, 0.05) is 33.7 Å². The molecule has 0 aliphatic carbocycles. The smallest absolute Gasteiger partial charge is 0.0992 e. The monoisotopic (exact) mass is 712 g/mol. The van der Waals surface area contributed by atoms with E-state index >= 15 is 0 Å². The van der Waals surface area contributed by atoms with Crippen LogP contribution in [-0.2, 0) is 0 Å². The second-order valence-corrected chi connectivity index (χ2v) is 14.0. The maximum Gasteiger partial charge on any atom is 0.0992 e. The first-order valence-corrected chi connectivity index (χ1v) is 18.6. The molecule has 3 aromatic heterocycles. The molecule has 0 amide bonds. The fourth-order valence-corrected chi connectivity index (χ4v) is 7.70. The predicted molar refractivity (Wildman–Crippen MR) is 230 cm³/mol. The molecule has 10 rings (SSSR count). The van der Waals surface area contributed by atoms with Crippen LogP contribution in [0.3, 0.4) is 0 Å². The number of rotatable bonds is 6. The Morgan fingerprint density at radius 3 is 1.46 bits per heavy atom. The van der Waals surface area contributed by atoms with Crippen molar-refractivity contribution in [1.29, 1.82) is 5.26 Å². The summed E-state index contributed by atoms with van der Waals surface area (Å²) in [6.45, 7) is 0. The summed E-state index contributed by atoms with van der Waals surface area (Å²) in [6.07, 6.45) is 1.81. The molecule has 0 saturated carbocycles. The van der Waals surface area contributed by atoms with Crippen LogP contribution < -0.4 is 0 Å². The molecule has 0 N–H and O–H groups in total. The van der Waals surface area contributed by atoms with Crippen molar-refractivity contribution in [2.45, 2.75) is 0 Å². The predicted octanol–water partition coefficient (Wildman–Crippen LogP) is 13.2. The lowest BCUT2D eigenvalue weighted by Gasteiger charge is -2.14. The molecule has 0 spiro atoms. The molecule has 0 saturated heterocycles. The molecule has 7 aromatic carbocycles. The summed E-state index contributed by atoms with van der Waals surface area (Å²) in [7, 11) is 0. The summed E-state index contributed by atoms with van der Waals surface area (Å²) >= 11 is 0. The normalized spacial score (nSPS) is 11.2. The molecular formula is C52H32N4. The molecule has 3 heterocycles. The van der Waals surface area contributed by atoms with E-state index in [1.165, 1.54) is 0 Å². The number of pyridine rings is 3. The average molecular weight is 713 g/mol. The van der Waals surface area contributed by atoms with Gasteiger partial charge in [-0.05, 0) is 86.6 Å². The number of hydrogen-bond acceptors (Lipinski definition) is 4. The van der Waals surface area contributed by atoms with Crippen molar-refractivity contribution >= 4 is 32.6 Å². The van der Waals surface area contributed by atoms with Crippen LogP contribution in [0.1, 0.15) is 5.56 Å². The third kappa shape index (κ3) is 6.04. The molecule has 0 atom stereocenters. The van der Waals surface area contributed by atoms with E-state index in [2.05, 4.69) is 151 Å².